The maximum atomic E-state index is 13.8. The molecule has 0 radical (unpaired) electrons. The van der Waals surface area contributed by atoms with Crippen molar-refractivity contribution in [3.8, 4) is 0 Å². The summed E-state index contributed by atoms with van der Waals surface area (Å²) in [5.74, 6) is -0.191. The third-order valence-electron chi connectivity index (χ3n) is 2.67. The van der Waals surface area contributed by atoms with Crippen molar-refractivity contribution >= 4 is 44.2 Å². The minimum atomic E-state index is -0.191. The standard InChI is InChI=1S/C14H12BrFIN/c1-9(11-8-10(15)6-7-12(11)16)18-14-5-3-2-4-13(14)17/h2-9,18H,1H3. The average molecular weight is 420 g/mol. The number of rotatable bonds is 3. The van der Waals surface area contributed by atoms with E-state index in [2.05, 4.69) is 43.8 Å². The number of halogens is 3. The number of anilines is 1. The van der Waals surface area contributed by atoms with Gasteiger partial charge in [-0.2, -0.15) is 0 Å². The summed E-state index contributed by atoms with van der Waals surface area (Å²) in [5, 5.41) is 3.33. The summed E-state index contributed by atoms with van der Waals surface area (Å²) in [6.07, 6.45) is 0. The number of benzene rings is 2. The van der Waals surface area contributed by atoms with Crippen LogP contribution in [0.3, 0.4) is 0 Å². The van der Waals surface area contributed by atoms with Crippen molar-refractivity contribution in [2.24, 2.45) is 0 Å². The van der Waals surface area contributed by atoms with E-state index < -0.39 is 0 Å². The number of nitrogens with one attached hydrogen (secondary N) is 1. The zero-order valence-electron chi connectivity index (χ0n) is 9.75. The van der Waals surface area contributed by atoms with Gasteiger partial charge in [-0.05, 0) is 59.8 Å². The first kappa shape index (κ1) is 13.8. The van der Waals surface area contributed by atoms with Crippen molar-refractivity contribution in [1.29, 1.82) is 0 Å². The molecule has 0 bridgehead atoms. The van der Waals surface area contributed by atoms with E-state index in [4.69, 9.17) is 0 Å². The first-order valence-corrected chi connectivity index (χ1v) is 7.41. The molecule has 0 aliphatic carbocycles. The third kappa shape index (κ3) is 3.23. The molecule has 0 aromatic heterocycles. The lowest BCUT2D eigenvalue weighted by atomic mass is 10.1. The van der Waals surface area contributed by atoms with Crippen LogP contribution >= 0.6 is 38.5 Å². The third-order valence-corrected chi connectivity index (χ3v) is 4.10. The molecule has 2 aromatic carbocycles. The maximum absolute atomic E-state index is 13.8. The number of hydrogen-bond acceptors (Lipinski definition) is 1. The van der Waals surface area contributed by atoms with Gasteiger partial charge in [0.15, 0.2) is 0 Å². The van der Waals surface area contributed by atoms with Gasteiger partial charge in [0.2, 0.25) is 0 Å². The molecular formula is C14H12BrFIN. The lowest BCUT2D eigenvalue weighted by Crippen LogP contribution is -2.09. The highest BCUT2D eigenvalue weighted by Gasteiger charge is 2.12. The Labute approximate surface area is 128 Å². The highest BCUT2D eigenvalue weighted by Crippen LogP contribution is 2.26. The number of para-hydroxylation sites is 1. The van der Waals surface area contributed by atoms with E-state index in [1.54, 1.807) is 6.07 Å². The molecule has 18 heavy (non-hydrogen) atoms. The zero-order valence-corrected chi connectivity index (χ0v) is 13.5. The summed E-state index contributed by atoms with van der Waals surface area (Å²) in [5.41, 5.74) is 1.68. The van der Waals surface area contributed by atoms with Gasteiger partial charge >= 0.3 is 0 Å². The van der Waals surface area contributed by atoms with Gasteiger partial charge in [0, 0.05) is 19.3 Å². The van der Waals surface area contributed by atoms with E-state index in [0.29, 0.717) is 5.56 Å². The molecule has 0 spiro atoms. The molecule has 0 saturated heterocycles. The normalized spacial score (nSPS) is 12.2. The van der Waals surface area contributed by atoms with Crippen LogP contribution in [0, 0.1) is 9.39 Å². The largest absolute Gasteiger partial charge is 0.378 e. The second-order valence-electron chi connectivity index (χ2n) is 4.01. The van der Waals surface area contributed by atoms with Crippen LogP contribution in [0.25, 0.3) is 0 Å². The van der Waals surface area contributed by atoms with E-state index in [1.165, 1.54) is 6.07 Å². The predicted molar refractivity (Wildman–Crippen MR) is 85.3 cm³/mol. The Balaban J connectivity index is 2.25. The molecule has 2 rings (SSSR count). The van der Waals surface area contributed by atoms with Crippen molar-refractivity contribution in [1.82, 2.24) is 0 Å². The lowest BCUT2D eigenvalue weighted by Gasteiger charge is -2.17. The molecule has 2 aromatic rings. The number of hydrogen-bond donors (Lipinski definition) is 1. The minimum absolute atomic E-state index is 0.0848. The highest BCUT2D eigenvalue weighted by molar-refractivity contribution is 14.1. The Morgan fingerprint density at radius 3 is 2.67 bits per heavy atom. The minimum Gasteiger partial charge on any atom is -0.378 e. The van der Waals surface area contributed by atoms with Crippen LogP contribution in [0.2, 0.25) is 0 Å². The second kappa shape index (κ2) is 6.02. The Kier molecular flexibility index (Phi) is 4.61. The fourth-order valence-corrected chi connectivity index (χ4v) is 2.66. The molecule has 1 nitrogen and oxygen atoms in total. The van der Waals surface area contributed by atoms with Crippen molar-refractivity contribution in [3.63, 3.8) is 0 Å². The molecular weight excluding hydrogens is 408 g/mol. The van der Waals surface area contributed by atoms with Gasteiger partial charge in [0.1, 0.15) is 5.82 Å². The average Bonchev–Trinajstić information content (AvgIpc) is 2.35. The monoisotopic (exact) mass is 419 g/mol. The SMILES string of the molecule is CC(Nc1ccccc1I)c1cc(Br)ccc1F. The van der Waals surface area contributed by atoms with Crippen LogP contribution in [0.4, 0.5) is 10.1 Å². The Hall–Kier alpha value is -0.620. The van der Waals surface area contributed by atoms with Gasteiger partial charge in [-0.1, -0.05) is 28.1 Å². The molecule has 1 unspecified atom stereocenters. The summed E-state index contributed by atoms with van der Waals surface area (Å²) in [7, 11) is 0. The van der Waals surface area contributed by atoms with Crippen molar-refractivity contribution in [3.05, 3.63) is 61.9 Å². The van der Waals surface area contributed by atoms with Crippen LogP contribution < -0.4 is 5.32 Å². The van der Waals surface area contributed by atoms with Crippen molar-refractivity contribution in [2.75, 3.05) is 5.32 Å². The van der Waals surface area contributed by atoms with Crippen LogP contribution in [0.5, 0.6) is 0 Å². The maximum Gasteiger partial charge on any atom is 0.128 e. The molecule has 4 heteroatoms. The van der Waals surface area contributed by atoms with Crippen LogP contribution in [0.1, 0.15) is 18.5 Å². The van der Waals surface area contributed by atoms with Crippen LogP contribution in [0.15, 0.2) is 46.9 Å². The van der Waals surface area contributed by atoms with Gasteiger partial charge in [-0.3, -0.25) is 0 Å². The second-order valence-corrected chi connectivity index (χ2v) is 6.09. The van der Waals surface area contributed by atoms with Gasteiger partial charge in [0.25, 0.3) is 0 Å². The fourth-order valence-electron chi connectivity index (χ4n) is 1.74. The summed E-state index contributed by atoms with van der Waals surface area (Å²) < 4.78 is 15.8. The van der Waals surface area contributed by atoms with Gasteiger partial charge < -0.3 is 5.32 Å². The van der Waals surface area contributed by atoms with Gasteiger partial charge in [0.05, 0.1) is 6.04 Å². The summed E-state index contributed by atoms with van der Waals surface area (Å²) in [4.78, 5) is 0. The van der Waals surface area contributed by atoms with Gasteiger partial charge in [-0.15, -0.1) is 0 Å². The van der Waals surface area contributed by atoms with E-state index >= 15 is 0 Å². The van der Waals surface area contributed by atoms with E-state index in [0.717, 1.165) is 13.7 Å². The molecule has 0 amide bonds. The Morgan fingerprint density at radius 1 is 1.22 bits per heavy atom. The summed E-state index contributed by atoms with van der Waals surface area (Å²) >= 11 is 5.63. The first-order chi connectivity index (χ1) is 8.58. The Morgan fingerprint density at radius 2 is 1.94 bits per heavy atom. The molecule has 0 aliphatic rings. The quantitative estimate of drug-likeness (QED) is 0.660. The fraction of sp³-hybridized carbons (Fsp3) is 0.143. The van der Waals surface area contributed by atoms with E-state index in [9.17, 15) is 4.39 Å². The van der Waals surface area contributed by atoms with E-state index in [1.807, 2.05) is 37.3 Å². The Bertz CT molecular complexity index is 559. The predicted octanol–water partition coefficient (Wildman–Crippen LogP) is 5.37. The molecule has 0 aliphatic heterocycles. The first-order valence-electron chi connectivity index (χ1n) is 5.54. The highest BCUT2D eigenvalue weighted by atomic mass is 127. The van der Waals surface area contributed by atoms with Crippen LogP contribution in [-0.2, 0) is 0 Å². The van der Waals surface area contributed by atoms with Crippen molar-refractivity contribution < 1.29 is 4.39 Å². The molecule has 0 fully saturated rings. The zero-order chi connectivity index (χ0) is 13.1. The molecule has 0 heterocycles. The van der Waals surface area contributed by atoms with E-state index in [-0.39, 0.29) is 11.9 Å². The van der Waals surface area contributed by atoms with Gasteiger partial charge in [-0.25, -0.2) is 4.39 Å². The molecule has 94 valence electrons. The van der Waals surface area contributed by atoms with Crippen molar-refractivity contribution in [2.45, 2.75) is 13.0 Å². The summed E-state index contributed by atoms with van der Waals surface area (Å²) in [6.45, 7) is 1.95. The molecule has 1 atom stereocenters. The van der Waals surface area contributed by atoms with Crippen LogP contribution in [-0.4, -0.2) is 0 Å². The molecule has 0 saturated carbocycles. The lowest BCUT2D eigenvalue weighted by molar-refractivity contribution is 0.600. The smallest absolute Gasteiger partial charge is 0.128 e. The summed E-state index contributed by atoms with van der Waals surface area (Å²) in [6, 6.07) is 12.9. The topological polar surface area (TPSA) is 12.0 Å². The molecule has 1 N–H and O–H groups in total.